The van der Waals surface area contributed by atoms with Crippen LogP contribution in [0.2, 0.25) is 0 Å². The van der Waals surface area contributed by atoms with Crippen LogP contribution in [0.25, 0.3) is 0 Å². The van der Waals surface area contributed by atoms with Gasteiger partial charge in [0, 0.05) is 28.1 Å². The fourth-order valence-electron chi connectivity index (χ4n) is 7.88. The summed E-state index contributed by atoms with van der Waals surface area (Å²) in [5.74, 6) is -4.38. The van der Waals surface area contributed by atoms with E-state index < -0.39 is 59.6 Å². The van der Waals surface area contributed by atoms with Crippen LogP contribution in [0.5, 0.6) is 11.5 Å². The van der Waals surface area contributed by atoms with E-state index in [9.17, 15) is 33.9 Å². The lowest BCUT2D eigenvalue weighted by Gasteiger charge is -2.37. The van der Waals surface area contributed by atoms with Gasteiger partial charge in [0.05, 0.1) is 29.8 Å². The molecule has 0 fully saturated rings. The zero-order valence-electron chi connectivity index (χ0n) is 39.8. The lowest BCUT2D eigenvalue weighted by Crippen LogP contribution is -2.52. The van der Waals surface area contributed by atoms with Gasteiger partial charge in [-0.25, -0.2) is 4.79 Å². The molecule has 73 heavy (non-hydrogen) atoms. The number of nitrogens with zero attached hydrogens (tertiary/aromatic N) is 1. The Kier molecular flexibility index (Phi) is 16.6. The summed E-state index contributed by atoms with van der Waals surface area (Å²) in [6, 6.07) is 49.3. The number of carboxylic acids is 1. The largest absolute Gasteiger partial charge is 0.485 e. The van der Waals surface area contributed by atoms with E-state index in [1.807, 2.05) is 97.1 Å². The van der Waals surface area contributed by atoms with E-state index in [0.29, 0.717) is 16.8 Å². The maximum atomic E-state index is 14.6. The van der Waals surface area contributed by atoms with Crippen LogP contribution in [-0.2, 0) is 15.1 Å². The number of benzene rings is 7. The molecule has 7 aromatic rings. The number of hydrogen-bond acceptors (Lipinski definition) is 9. The second kappa shape index (κ2) is 23.7. The second-order valence-electron chi connectivity index (χ2n) is 16.8. The molecule has 0 unspecified atom stereocenters. The Morgan fingerprint density at radius 1 is 0.616 bits per heavy atom. The predicted octanol–water partition coefficient (Wildman–Crippen LogP) is 9.35. The molecular formula is C58H50N6O9. The molecule has 0 aliphatic rings. The van der Waals surface area contributed by atoms with Gasteiger partial charge in [0.15, 0.2) is 11.5 Å². The highest BCUT2D eigenvalue weighted by molar-refractivity contribution is 6.08. The third-order valence-electron chi connectivity index (χ3n) is 11.3. The van der Waals surface area contributed by atoms with Gasteiger partial charge in [-0.1, -0.05) is 104 Å². The average molecular weight is 975 g/mol. The van der Waals surface area contributed by atoms with Crippen molar-refractivity contribution in [2.45, 2.75) is 38.0 Å². The maximum absolute atomic E-state index is 14.6. The quantitative estimate of drug-likeness (QED) is 0.0313. The van der Waals surface area contributed by atoms with Crippen LogP contribution in [-0.4, -0.2) is 59.4 Å². The maximum Gasteiger partial charge on any atom is 0.339 e. The summed E-state index contributed by atoms with van der Waals surface area (Å²) in [6.07, 6.45) is 0.500. The molecule has 5 amide bonds. The van der Waals surface area contributed by atoms with Crippen molar-refractivity contribution in [1.82, 2.24) is 10.6 Å². The number of carbonyl (C=O) groups excluding carboxylic acids is 5. The zero-order valence-corrected chi connectivity index (χ0v) is 39.8. The molecule has 0 radical (unpaired) electrons. The van der Waals surface area contributed by atoms with Gasteiger partial charge in [0.25, 0.3) is 17.7 Å². The molecule has 0 saturated heterocycles. The van der Waals surface area contributed by atoms with Gasteiger partial charge in [-0.05, 0) is 115 Å². The fourth-order valence-corrected chi connectivity index (χ4v) is 7.88. The lowest BCUT2D eigenvalue weighted by molar-refractivity contribution is -0.126. The molecule has 366 valence electrons. The molecule has 0 aliphatic heterocycles. The van der Waals surface area contributed by atoms with Crippen LogP contribution in [0.4, 0.5) is 17.1 Å². The minimum Gasteiger partial charge on any atom is -0.485 e. The number of nitriles is 1. The Balaban J connectivity index is 1.15. The minimum atomic E-state index is -1.46. The van der Waals surface area contributed by atoms with Gasteiger partial charge < -0.3 is 41.2 Å². The SMILES string of the molecule is C=CCOc1c(C(=O)O)ccc(NC(=O)c2ccc(NC(=O)[C@H](CC(=O)NC(c3ccccc3)(c3ccccc3)c3ccccc3)NC(=O)c3ccc(NC(=O)c4ccc(C#N)cc4)cc3)cc2)c1OC(C)C. The normalized spacial score (nSPS) is 11.2. The standard InChI is InChI=1S/C58H50N6O9/c1-4-34-72-51-47(57(70)71)32-33-48(52(51)73-37(2)3)62-54(67)40-26-30-46(31-27-40)61-56(69)49(63-55(68)41-24-28-45(29-25-41)60-53(66)39-22-20-38(36-59)21-23-39)35-50(65)64-58(42-14-8-5-9-15-42,43-16-10-6-11-17-43)44-18-12-7-13-19-44/h4-33,37,49H,1,34-35H2,2-3H3,(H,60,66)(H,61,69)(H,62,67)(H,63,68)(H,64,65)(H,70,71)/t49-/m0/s1. The third-order valence-corrected chi connectivity index (χ3v) is 11.3. The fraction of sp³-hybridized carbons (Fsp3) is 0.121. The lowest BCUT2D eigenvalue weighted by atomic mass is 9.77. The number of aromatic carboxylic acids is 1. The van der Waals surface area contributed by atoms with Crippen molar-refractivity contribution >= 4 is 52.6 Å². The molecular weight excluding hydrogens is 925 g/mol. The Morgan fingerprint density at radius 3 is 1.58 bits per heavy atom. The molecule has 6 N–H and O–H groups in total. The van der Waals surface area contributed by atoms with Gasteiger partial charge in [-0.2, -0.15) is 5.26 Å². The predicted molar refractivity (Wildman–Crippen MR) is 277 cm³/mol. The molecule has 0 aliphatic carbocycles. The molecule has 0 bridgehead atoms. The Morgan fingerprint density at radius 2 is 1.10 bits per heavy atom. The smallest absolute Gasteiger partial charge is 0.339 e. The van der Waals surface area contributed by atoms with Crippen molar-refractivity contribution in [2.75, 3.05) is 22.6 Å². The van der Waals surface area contributed by atoms with Gasteiger partial charge in [0.2, 0.25) is 11.8 Å². The number of nitrogens with one attached hydrogen (secondary N) is 5. The van der Waals surface area contributed by atoms with Crippen molar-refractivity contribution < 1.29 is 43.3 Å². The van der Waals surface area contributed by atoms with Crippen LogP contribution in [0.3, 0.4) is 0 Å². The number of ether oxygens (including phenoxy) is 2. The van der Waals surface area contributed by atoms with Gasteiger partial charge in [-0.3, -0.25) is 24.0 Å². The van der Waals surface area contributed by atoms with Crippen molar-refractivity contribution in [2.24, 2.45) is 0 Å². The number of amides is 5. The average Bonchev–Trinajstić information content (AvgIpc) is 3.40. The highest BCUT2D eigenvalue weighted by atomic mass is 16.5. The van der Waals surface area contributed by atoms with Crippen LogP contribution in [0.15, 0.2) is 189 Å². The van der Waals surface area contributed by atoms with Crippen molar-refractivity contribution in [3.63, 3.8) is 0 Å². The van der Waals surface area contributed by atoms with Crippen LogP contribution >= 0.6 is 0 Å². The summed E-state index contributed by atoms with van der Waals surface area (Å²) in [5, 5.41) is 33.2. The molecule has 0 spiro atoms. The monoisotopic (exact) mass is 974 g/mol. The summed E-state index contributed by atoms with van der Waals surface area (Å²) >= 11 is 0. The van der Waals surface area contributed by atoms with E-state index in [2.05, 4.69) is 33.2 Å². The van der Waals surface area contributed by atoms with E-state index >= 15 is 0 Å². The van der Waals surface area contributed by atoms with Gasteiger partial charge >= 0.3 is 5.97 Å². The van der Waals surface area contributed by atoms with Crippen molar-refractivity contribution in [3.05, 3.63) is 233 Å². The Hall–Kier alpha value is -9.81. The molecule has 0 saturated carbocycles. The van der Waals surface area contributed by atoms with Crippen molar-refractivity contribution in [1.29, 1.82) is 5.26 Å². The second-order valence-corrected chi connectivity index (χ2v) is 16.8. The molecule has 7 aromatic carbocycles. The highest BCUT2D eigenvalue weighted by Gasteiger charge is 2.39. The summed E-state index contributed by atoms with van der Waals surface area (Å²) in [4.78, 5) is 81.7. The first-order chi connectivity index (χ1) is 35.3. The number of carboxylic acid groups (broad SMARTS) is 1. The van der Waals surface area contributed by atoms with E-state index in [0.717, 1.165) is 16.7 Å². The zero-order chi connectivity index (χ0) is 51.9. The third kappa shape index (κ3) is 12.5. The summed E-state index contributed by atoms with van der Waals surface area (Å²) < 4.78 is 11.6. The Labute approximate surface area is 421 Å². The van der Waals surface area contributed by atoms with E-state index in [-0.39, 0.29) is 46.2 Å². The summed E-state index contributed by atoms with van der Waals surface area (Å²) in [6.45, 7) is 7.07. The summed E-state index contributed by atoms with van der Waals surface area (Å²) in [7, 11) is 0. The first kappa shape index (κ1) is 51.1. The molecule has 1 atom stereocenters. The van der Waals surface area contributed by atoms with Gasteiger partial charge in [0.1, 0.15) is 23.8 Å². The minimum absolute atomic E-state index is 0.0158. The Bertz CT molecular complexity index is 3060. The topological polar surface area (TPSA) is 225 Å². The van der Waals surface area contributed by atoms with E-state index in [1.165, 1.54) is 91.0 Å². The molecule has 15 heteroatoms. The van der Waals surface area contributed by atoms with E-state index in [1.54, 1.807) is 13.8 Å². The molecule has 0 aromatic heterocycles. The van der Waals surface area contributed by atoms with E-state index in [4.69, 9.17) is 14.7 Å². The van der Waals surface area contributed by atoms with Crippen LogP contribution in [0, 0.1) is 11.3 Å². The molecule has 0 heterocycles. The highest BCUT2D eigenvalue weighted by Crippen LogP contribution is 2.40. The van der Waals surface area contributed by atoms with Crippen LogP contribution < -0.4 is 36.1 Å². The van der Waals surface area contributed by atoms with Gasteiger partial charge in [-0.15, -0.1) is 0 Å². The molecule has 15 nitrogen and oxygen atoms in total. The number of anilines is 3. The number of carbonyl (C=O) groups is 6. The summed E-state index contributed by atoms with van der Waals surface area (Å²) in [5.41, 5.74) is 2.56. The number of hydrogen-bond donors (Lipinski definition) is 6. The van der Waals surface area contributed by atoms with Crippen molar-refractivity contribution in [3.8, 4) is 17.6 Å². The first-order valence-electron chi connectivity index (χ1n) is 23.0. The first-order valence-corrected chi connectivity index (χ1v) is 23.0. The number of rotatable bonds is 20. The molecule has 7 rings (SSSR count). The van der Waals surface area contributed by atoms with Crippen LogP contribution in [0.1, 0.15) is 84.0 Å².